The zero-order chi connectivity index (χ0) is 11.0. The molecule has 1 unspecified atom stereocenters. The second-order valence-corrected chi connectivity index (χ2v) is 4.17. The monoisotopic (exact) mass is 225 g/mol. The lowest BCUT2D eigenvalue weighted by Gasteiger charge is -2.15. The number of nitrogens with one attached hydrogen (secondary N) is 1. The molecule has 0 spiro atoms. The molecule has 0 saturated heterocycles. The molecule has 0 heterocycles. The molecule has 0 rings (SSSR count). The summed E-state index contributed by atoms with van der Waals surface area (Å²) in [6, 6.07) is 0. The van der Waals surface area contributed by atoms with E-state index in [4.69, 9.17) is 4.52 Å². The van der Waals surface area contributed by atoms with Gasteiger partial charge in [-0.3, -0.25) is 9.32 Å². The Morgan fingerprint density at radius 3 is 2.43 bits per heavy atom. The van der Waals surface area contributed by atoms with Gasteiger partial charge >= 0.3 is 13.7 Å². The van der Waals surface area contributed by atoms with Gasteiger partial charge < -0.3 is 9.26 Å². The van der Waals surface area contributed by atoms with E-state index in [9.17, 15) is 9.36 Å². The summed E-state index contributed by atoms with van der Waals surface area (Å²) >= 11 is 0. The fourth-order valence-corrected chi connectivity index (χ4v) is 1.69. The van der Waals surface area contributed by atoms with E-state index >= 15 is 0 Å². The summed E-state index contributed by atoms with van der Waals surface area (Å²) in [5, 5.41) is 2.37. The normalized spacial score (nSPS) is 14.8. The summed E-state index contributed by atoms with van der Waals surface area (Å²) in [6.45, 7) is 3.69. The Labute approximate surface area is 83.5 Å². The molecular formula is C7H16NO5P. The number of ether oxygens (including phenoxy) is 1. The van der Waals surface area contributed by atoms with Crippen molar-refractivity contribution in [3.05, 3.63) is 0 Å². The van der Waals surface area contributed by atoms with Crippen molar-refractivity contribution >= 4 is 13.7 Å². The van der Waals surface area contributed by atoms with Gasteiger partial charge in [0.1, 0.15) is 6.54 Å². The van der Waals surface area contributed by atoms with Gasteiger partial charge in [0.2, 0.25) is 0 Å². The summed E-state index contributed by atoms with van der Waals surface area (Å²) in [5.41, 5.74) is 0. The summed E-state index contributed by atoms with van der Waals surface area (Å²) in [5.74, 6) is -0.496. The molecule has 0 amide bonds. The van der Waals surface area contributed by atoms with Gasteiger partial charge in [-0.25, -0.2) is 9.65 Å². The first-order valence-corrected chi connectivity index (χ1v) is 5.83. The van der Waals surface area contributed by atoms with Crippen molar-refractivity contribution in [2.45, 2.75) is 13.8 Å². The van der Waals surface area contributed by atoms with Gasteiger partial charge in [0, 0.05) is 7.11 Å². The van der Waals surface area contributed by atoms with Gasteiger partial charge in [0.25, 0.3) is 0 Å². The molecule has 0 aromatic rings. The predicted molar refractivity (Wildman–Crippen MR) is 50.9 cm³/mol. The minimum absolute atomic E-state index is 0.195. The van der Waals surface area contributed by atoms with E-state index in [0.717, 1.165) is 0 Å². The fourth-order valence-electron chi connectivity index (χ4n) is 0.706. The molecule has 0 aromatic carbocycles. The average molecular weight is 225 g/mol. The summed E-state index contributed by atoms with van der Waals surface area (Å²) in [7, 11) is -2.08. The minimum Gasteiger partial charge on any atom is -0.465 e. The van der Waals surface area contributed by atoms with Crippen LogP contribution in [-0.2, 0) is 23.1 Å². The third-order valence-corrected chi connectivity index (χ3v) is 2.89. The third-order valence-electron chi connectivity index (χ3n) is 1.26. The first-order valence-electron chi connectivity index (χ1n) is 4.29. The molecule has 0 bridgehead atoms. The highest BCUT2D eigenvalue weighted by molar-refractivity contribution is 7.51. The molecule has 84 valence electrons. The Balaban J connectivity index is 3.94. The Hall–Kier alpha value is -0.420. The zero-order valence-corrected chi connectivity index (χ0v) is 9.50. The average Bonchev–Trinajstić information content (AvgIpc) is 2.16. The third kappa shape index (κ3) is 5.34. The van der Waals surface area contributed by atoms with Crippen LogP contribution in [0.15, 0.2) is 0 Å². The first kappa shape index (κ1) is 13.6. The van der Waals surface area contributed by atoms with E-state index in [2.05, 4.69) is 14.3 Å². The standard InChI is InChI=1S/C7H16NO5P/c1-4-12-7(9)6-8-14(10,11-3)13-5-2/h4-6H2,1-3H3,(H,8,10). The molecule has 1 N–H and O–H groups in total. The van der Waals surface area contributed by atoms with E-state index in [1.54, 1.807) is 13.8 Å². The van der Waals surface area contributed by atoms with Gasteiger partial charge in [0.15, 0.2) is 0 Å². The van der Waals surface area contributed by atoms with Crippen molar-refractivity contribution in [3.8, 4) is 0 Å². The Bertz CT molecular complexity index is 220. The molecule has 0 fully saturated rings. The van der Waals surface area contributed by atoms with E-state index in [1.807, 2.05) is 0 Å². The number of carbonyl (C=O) groups excluding carboxylic acids is 1. The van der Waals surface area contributed by atoms with Crippen molar-refractivity contribution in [1.29, 1.82) is 0 Å². The van der Waals surface area contributed by atoms with Crippen LogP contribution < -0.4 is 5.09 Å². The smallest absolute Gasteiger partial charge is 0.405 e. The van der Waals surface area contributed by atoms with Crippen LogP contribution in [0.3, 0.4) is 0 Å². The molecule has 0 aromatic heterocycles. The van der Waals surface area contributed by atoms with Crippen LogP contribution >= 0.6 is 7.75 Å². The zero-order valence-electron chi connectivity index (χ0n) is 8.61. The topological polar surface area (TPSA) is 73.9 Å². The molecular weight excluding hydrogens is 209 g/mol. The maximum atomic E-state index is 11.5. The van der Waals surface area contributed by atoms with E-state index in [1.165, 1.54) is 7.11 Å². The van der Waals surface area contributed by atoms with Crippen molar-refractivity contribution in [3.63, 3.8) is 0 Å². The highest BCUT2D eigenvalue weighted by Crippen LogP contribution is 2.41. The summed E-state index contributed by atoms with van der Waals surface area (Å²) in [4.78, 5) is 10.9. The van der Waals surface area contributed by atoms with Crippen LogP contribution in [-0.4, -0.2) is 32.8 Å². The highest BCUT2D eigenvalue weighted by Gasteiger charge is 2.22. The molecule has 0 saturated carbocycles. The highest BCUT2D eigenvalue weighted by atomic mass is 31.2. The van der Waals surface area contributed by atoms with Crippen LogP contribution in [0.2, 0.25) is 0 Å². The van der Waals surface area contributed by atoms with Gasteiger partial charge in [-0.05, 0) is 13.8 Å². The summed E-state index contributed by atoms with van der Waals surface area (Å²) in [6.07, 6.45) is 0. The Morgan fingerprint density at radius 2 is 2.00 bits per heavy atom. The van der Waals surface area contributed by atoms with Crippen LogP contribution in [0, 0.1) is 0 Å². The number of hydrogen-bond acceptors (Lipinski definition) is 5. The van der Waals surface area contributed by atoms with Crippen LogP contribution in [0.25, 0.3) is 0 Å². The summed E-state index contributed by atoms with van der Waals surface area (Å²) < 4.78 is 25.6. The van der Waals surface area contributed by atoms with E-state index < -0.39 is 13.7 Å². The number of rotatable bonds is 7. The van der Waals surface area contributed by atoms with Crippen LogP contribution in [0.1, 0.15) is 13.8 Å². The number of carbonyl (C=O) groups is 1. The lowest BCUT2D eigenvalue weighted by Crippen LogP contribution is -2.24. The van der Waals surface area contributed by atoms with Gasteiger partial charge in [0.05, 0.1) is 13.2 Å². The quantitative estimate of drug-likeness (QED) is 0.513. The Morgan fingerprint density at radius 1 is 1.36 bits per heavy atom. The van der Waals surface area contributed by atoms with Crippen molar-refractivity contribution in [2.75, 3.05) is 26.9 Å². The predicted octanol–water partition coefficient (Wildman–Crippen LogP) is 0.930. The maximum absolute atomic E-state index is 11.5. The molecule has 6 nitrogen and oxygen atoms in total. The SMILES string of the molecule is CCOC(=O)CNP(=O)(OC)OCC. The second-order valence-electron chi connectivity index (χ2n) is 2.24. The minimum atomic E-state index is -3.33. The molecule has 0 aliphatic carbocycles. The molecule has 0 aliphatic rings. The van der Waals surface area contributed by atoms with Crippen LogP contribution in [0.4, 0.5) is 0 Å². The first-order chi connectivity index (χ1) is 6.58. The largest absolute Gasteiger partial charge is 0.465 e. The number of esters is 1. The molecule has 7 heteroatoms. The number of hydrogen-bond donors (Lipinski definition) is 1. The van der Waals surface area contributed by atoms with Gasteiger partial charge in [-0.1, -0.05) is 0 Å². The molecule has 14 heavy (non-hydrogen) atoms. The lowest BCUT2D eigenvalue weighted by atomic mass is 10.7. The Kier molecular flexibility index (Phi) is 6.74. The molecule has 1 atom stereocenters. The molecule has 0 radical (unpaired) electrons. The second kappa shape index (κ2) is 6.95. The van der Waals surface area contributed by atoms with Gasteiger partial charge in [-0.15, -0.1) is 0 Å². The lowest BCUT2D eigenvalue weighted by molar-refractivity contribution is -0.141. The van der Waals surface area contributed by atoms with Gasteiger partial charge in [-0.2, -0.15) is 0 Å². The van der Waals surface area contributed by atoms with Crippen molar-refractivity contribution in [1.82, 2.24) is 5.09 Å². The maximum Gasteiger partial charge on any atom is 0.405 e. The van der Waals surface area contributed by atoms with E-state index in [0.29, 0.717) is 0 Å². The van der Waals surface area contributed by atoms with Crippen molar-refractivity contribution in [2.24, 2.45) is 0 Å². The van der Waals surface area contributed by atoms with Crippen LogP contribution in [0.5, 0.6) is 0 Å². The fraction of sp³-hybridized carbons (Fsp3) is 0.857. The van der Waals surface area contributed by atoms with Crippen molar-refractivity contribution < 1.29 is 23.1 Å². The molecule has 0 aliphatic heterocycles. The van der Waals surface area contributed by atoms with E-state index in [-0.39, 0.29) is 19.8 Å².